The molecule has 0 saturated carbocycles. The van der Waals surface area contributed by atoms with Crippen LogP contribution in [0.1, 0.15) is 33.4 Å². The van der Waals surface area contributed by atoms with Crippen LogP contribution in [0.2, 0.25) is 5.02 Å². The Hall–Kier alpha value is -3.84. The van der Waals surface area contributed by atoms with Crippen LogP contribution in [0, 0.1) is 11.3 Å². The van der Waals surface area contributed by atoms with Crippen molar-refractivity contribution in [2.45, 2.75) is 19.5 Å². The van der Waals surface area contributed by atoms with Crippen molar-refractivity contribution in [3.05, 3.63) is 52.4 Å². The molecule has 10 nitrogen and oxygen atoms in total. The standard InChI is InChI=1S/C19H17ClN6O4/c1-10(23-18(28)16-15(17(22)27)19(29-2)25-30-16)9-26-6-5-14(24-26)11-3-4-12(8-21)13(20)7-11/h3-7,10H,9H2,1-2H3,(H2,22,27)(H,23,28)/t10-/m0/s1. The molecule has 11 heteroatoms. The van der Waals surface area contributed by atoms with Crippen LogP contribution in [-0.4, -0.2) is 39.9 Å². The van der Waals surface area contributed by atoms with Crippen molar-refractivity contribution in [1.82, 2.24) is 20.3 Å². The third-order valence-electron chi connectivity index (χ3n) is 4.17. The SMILES string of the molecule is COc1noc(C(=O)N[C@@H](C)Cn2ccc(-c3ccc(C#N)c(Cl)c3)n2)c1C(N)=O. The maximum Gasteiger partial charge on any atom is 0.291 e. The van der Waals surface area contributed by atoms with Gasteiger partial charge in [-0.3, -0.25) is 14.3 Å². The first-order valence-corrected chi connectivity index (χ1v) is 9.09. The average molecular weight is 429 g/mol. The van der Waals surface area contributed by atoms with E-state index in [0.29, 0.717) is 22.8 Å². The molecule has 1 aromatic carbocycles. The third-order valence-corrected chi connectivity index (χ3v) is 4.48. The molecule has 0 bridgehead atoms. The molecule has 2 amide bonds. The Labute approximate surface area is 176 Å². The second-order valence-electron chi connectivity index (χ2n) is 6.36. The molecular formula is C19H17ClN6O4. The van der Waals surface area contributed by atoms with Gasteiger partial charge in [0.05, 0.1) is 29.9 Å². The summed E-state index contributed by atoms with van der Waals surface area (Å²) in [7, 11) is 1.28. The maximum absolute atomic E-state index is 12.4. The number of amides is 2. The lowest BCUT2D eigenvalue weighted by Gasteiger charge is -2.13. The van der Waals surface area contributed by atoms with E-state index in [2.05, 4.69) is 15.6 Å². The molecular weight excluding hydrogens is 412 g/mol. The summed E-state index contributed by atoms with van der Waals surface area (Å²) in [6, 6.07) is 8.48. The maximum atomic E-state index is 12.4. The van der Waals surface area contributed by atoms with Gasteiger partial charge in [-0.05, 0) is 30.3 Å². The van der Waals surface area contributed by atoms with Crippen LogP contribution in [0.3, 0.4) is 0 Å². The predicted octanol–water partition coefficient (Wildman–Crippen LogP) is 1.99. The molecule has 0 aliphatic heterocycles. The van der Waals surface area contributed by atoms with Crippen molar-refractivity contribution in [3.8, 4) is 23.2 Å². The smallest absolute Gasteiger partial charge is 0.291 e. The summed E-state index contributed by atoms with van der Waals surface area (Å²) in [4.78, 5) is 24.0. The van der Waals surface area contributed by atoms with Gasteiger partial charge in [-0.2, -0.15) is 10.4 Å². The molecule has 0 aliphatic carbocycles. The largest absolute Gasteiger partial charge is 0.478 e. The number of nitriles is 1. The van der Waals surface area contributed by atoms with Gasteiger partial charge in [-0.15, -0.1) is 0 Å². The van der Waals surface area contributed by atoms with Gasteiger partial charge in [0, 0.05) is 17.8 Å². The quantitative estimate of drug-likeness (QED) is 0.584. The molecule has 2 heterocycles. The second kappa shape index (κ2) is 8.67. The number of hydrogen-bond acceptors (Lipinski definition) is 7. The summed E-state index contributed by atoms with van der Waals surface area (Å²) >= 11 is 6.07. The van der Waals surface area contributed by atoms with Gasteiger partial charge >= 0.3 is 0 Å². The molecule has 0 spiro atoms. The molecule has 0 unspecified atom stereocenters. The first kappa shape index (κ1) is 20.9. The number of nitrogens with two attached hydrogens (primary N) is 1. The summed E-state index contributed by atoms with van der Waals surface area (Å²) in [5.74, 6) is -2.01. The Morgan fingerprint density at radius 3 is 2.83 bits per heavy atom. The molecule has 30 heavy (non-hydrogen) atoms. The highest BCUT2D eigenvalue weighted by molar-refractivity contribution is 6.32. The van der Waals surface area contributed by atoms with Gasteiger partial charge in [-0.25, -0.2) is 0 Å². The van der Waals surface area contributed by atoms with E-state index in [4.69, 9.17) is 31.9 Å². The van der Waals surface area contributed by atoms with E-state index in [-0.39, 0.29) is 23.2 Å². The number of aromatic nitrogens is 3. The number of benzene rings is 1. The monoisotopic (exact) mass is 428 g/mol. The first-order valence-electron chi connectivity index (χ1n) is 8.71. The van der Waals surface area contributed by atoms with Crippen LogP contribution in [0.15, 0.2) is 35.0 Å². The highest BCUT2D eigenvalue weighted by Crippen LogP contribution is 2.24. The number of methoxy groups -OCH3 is 1. The number of ether oxygens (including phenoxy) is 1. The fourth-order valence-electron chi connectivity index (χ4n) is 2.79. The van der Waals surface area contributed by atoms with Crippen LogP contribution in [-0.2, 0) is 6.54 Å². The lowest BCUT2D eigenvalue weighted by Crippen LogP contribution is -2.36. The molecule has 3 N–H and O–H groups in total. The summed E-state index contributed by atoms with van der Waals surface area (Å²) in [6.45, 7) is 2.10. The minimum absolute atomic E-state index is 0.155. The molecule has 154 valence electrons. The van der Waals surface area contributed by atoms with Crippen molar-refractivity contribution in [2.75, 3.05) is 7.11 Å². The molecule has 3 rings (SSSR count). The Bertz CT molecular complexity index is 1150. The zero-order valence-electron chi connectivity index (χ0n) is 16.0. The lowest BCUT2D eigenvalue weighted by atomic mass is 10.1. The van der Waals surface area contributed by atoms with E-state index in [1.807, 2.05) is 6.07 Å². The lowest BCUT2D eigenvalue weighted by molar-refractivity contribution is 0.0885. The minimum atomic E-state index is -0.885. The summed E-state index contributed by atoms with van der Waals surface area (Å²) in [5.41, 5.74) is 6.86. The highest BCUT2D eigenvalue weighted by Gasteiger charge is 2.28. The molecule has 3 aromatic rings. The number of hydrogen-bond donors (Lipinski definition) is 2. The van der Waals surface area contributed by atoms with Crippen LogP contribution >= 0.6 is 11.6 Å². The topological polar surface area (TPSA) is 149 Å². The average Bonchev–Trinajstić information content (AvgIpc) is 3.34. The molecule has 1 atom stereocenters. The van der Waals surface area contributed by atoms with Crippen molar-refractivity contribution in [1.29, 1.82) is 5.26 Å². The van der Waals surface area contributed by atoms with Gasteiger partial charge in [0.25, 0.3) is 17.7 Å². The number of nitrogens with zero attached hydrogens (tertiary/aromatic N) is 4. The van der Waals surface area contributed by atoms with E-state index in [0.717, 1.165) is 5.56 Å². The van der Waals surface area contributed by atoms with Crippen LogP contribution in [0.25, 0.3) is 11.3 Å². The van der Waals surface area contributed by atoms with Gasteiger partial charge in [0.1, 0.15) is 6.07 Å². The van der Waals surface area contributed by atoms with Gasteiger partial charge in [0.2, 0.25) is 5.76 Å². The zero-order valence-corrected chi connectivity index (χ0v) is 16.8. The molecule has 0 saturated heterocycles. The summed E-state index contributed by atoms with van der Waals surface area (Å²) in [6.07, 6.45) is 1.75. The molecule has 2 aromatic heterocycles. The van der Waals surface area contributed by atoms with E-state index in [1.54, 1.807) is 42.1 Å². The summed E-state index contributed by atoms with van der Waals surface area (Å²) < 4.78 is 11.4. The number of primary amides is 1. The number of carbonyl (C=O) groups excluding carboxylic acids is 2. The first-order chi connectivity index (χ1) is 14.3. The van der Waals surface area contributed by atoms with Crippen LogP contribution in [0.5, 0.6) is 5.88 Å². The van der Waals surface area contributed by atoms with Gasteiger partial charge < -0.3 is 20.3 Å². The Balaban J connectivity index is 1.69. The van der Waals surface area contributed by atoms with Crippen molar-refractivity contribution >= 4 is 23.4 Å². The number of halogens is 1. The fraction of sp³-hybridized carbons (Fsp3) is 0.211. The van der Waals surface area contributed by atoms with E-state index in [1.165, 1.54) is 7.11 Å². The van der Waals surface area contributed by atoms with Gasteiger partial charge in [0.15, 0.2) is 5.56 Å². The highest BCUT2D eigenvalue weighted by atomic mass is 35.5. The second-order valence-corrected chi connectivity index (χ2v) is 6.77. The third kappa shape index (κ3) is 4.26. The fourth-order valence-corrected chi connectivity index (χ4v) is 3.01. The Morgan fingerprint density at radius 2 is 2.20 bits per heavy atom. The normalized spacial score (nSPS) is 11.5. The Morgan fingerprint density at radius 1 is 1.43 bits per heavy atom. The number of rotatable bonds is 7. The van der Waals surface area contributed by atoms with Gasteiger partial charge in [-0.1, -0.05) is 17.7 Å². The van der Waals surface area contributed by atoms with E-state index in [9.17, 15) is 9.59 Å². The molecule has 0 fully saturated rings. The molecule has 0 aliphatic rings. The van der Waals surface area contributed by atoms with Crippen molar-refractivity contribution in [3.63, 3.8) is 0 Å². The van der Waals surface area contributed by atoms with Crippen molar-refractivity contribution < 1.29 is 18.8 Å². The predicted molar refractivity (Wildman–Crippen MR) is 106 cm³/mol. The van der Waals surface area contributed by atoms with Crippen molar-refractivity contribution in [2.24, 2.45) is 5.73 Å². The molecule has 0 radical (unpaired) electrons. The van der Waals surface area contributed by atoms with E-state index < -0.39 is 11.8 Å². The number of nitrogens with one attached hydrogen (secondary N) is 1. The van der Waals surface area contributed by atoms with Crippen LogP contribution < -0.4 is 15.8 Å². The van der Waals surface area contributed by atoms with E-state index >= 15 is 0 Å². The minimum Gasteiger partial charge on any atom is -0.478 e. The number of carbonyl (C=O) groups is 2. The van der Waals surface area contributed by atoms with Crippen LogP contribution in [0.4, 0.5) is 0 Å². The Kier molecular flexibility index (Phi) is 6.03. The zero-order chi connectivity index (χ0) is 21.8. The summed E-state index contributed by atoms with van der Waals surface area (Å²) in [5, 5.41) is 20.0.